The van der Waals surface area contributed by atoms with E-state index < -0.39 is 0 Å². The van der Waals surface area contributed by atoms with Gasteiger partial charge in [-0.05, 0) is 24.3 Å². The van der Waals surface area contributed by atoms with Crippen LogP contribution in [0.4, 0.5) is 0 Å². The number of rotatable bonds is 3. The van der Waals surface area contributed by atoms with Crippen molar-refractivity contribution in [2.75, 3.05) is 26.2 Å². The van der Waals surface area contributed by atoms with Crippen LogP contribution in [0.5, 0.6) is 5.75 Å². The van der Waals surface area contributed by atoms with Gasteiger partial charge in [-0.1, -0.05) is 5.16 Å². The van der Waals surface area contributed by atoms with Crippen LogP contribution >= 0.6 is 0 Å². The average molecular weight is 260 g/mol. The minimum absolute atomic E-state index is 0.230. The molecule has 1 aliphatic heterocycles. The Balaban J connectivity index is 1.70. The van der Waals surface area contributed by atoms with Gasteiger partial charge >= 0.3 is 0 Å². The number of hydrogen-bond donors (Lipinski definition) is 2. The summed E-state index contributed by atoms with van der Waals surface area (Å²) in [5.41, 5.74) is 0.841. The lowest BCUT2D eigenvalue weighted by Crippen LogP contribution is -2.42. The molecule has 1 aliphatic rings. The van der Waals surface area contributed by atoms with Gasteiger partial charge in [0.05, 0.1) is 6.54 Å². The molecule has 2 aromatic rings. The van der Waals surface area contributed by atoms with Crippen LogP contribution < -0.4 is 5.32 Å². The SMILES string of the molecule is Oc1ccc(-c2noc(CN3CCNCC3)n2)cc1. The first-order valence-corrected chi connectivity index (χ1v) is 6.36. The molecule has 0 aliphatic carbocycles. The van der Waals surface area contributed by atoms with Crippen molar-refractivity contribution in [3.8, 4) is 17.1 Å². The van der Waals surface area contributed by atoms with Crippen molar-refractivity contribution in [3.05, 3.63) is 30.2 Å². The van der Waals surface area contributed by atoms with Crippen LogP contribution in [-0.2, 0) is 6.54 Å². The largest absolute Gasteiger partial charge is 0.508 e. The molecule has 3 rings (SSSR count). The Labute approximate surface area is 111 Å². The fourth-order valence-corrected chi connectivity index (χ4v) is 2.11. The maximum Gasteiger partial charge on any atom is 0.241 e. The van der Waals surface area contributed by atoms with Crippen LogP contribution in [-0.4, -0.2) is 46.3 Å². The maximum atomic E-state index is 9.25. The van der Waals surface area contributed by atoms with E-state index >= 15 is 0 Å². The molecule has 0 bridgehead atoms. The van der Waals surface area contributed by atoms with Gasteiger partial charge in [0.2, 0.25) is 11.7 Å². The zero-order valence-corrected chi connectivity index (χ0v) is 10.5. The van der Waals surface area contributed by atoms with E-state index in [4.69, 9.17) is 4.52 Å². The molecule has 100 valence electrons. The molecule has 6 heteroatoms. The van der Waals surface area contributed by atoms with Crippen LogP contribution in [0.15, 0.2) is 28.8 Å². The number of phenolic OH excluding ortho intramolecular Hbond substituents is 1. The number of phenols is 1. The van der Waals surface area contributed by atoms with E-state index in [2.05, 4.69) is 20.4 Å². The van der Waals surface area contributed by atoms with Gasteiger partial charge < -0.3 is 14.9 Å². The second kappa shape index (κ2) is 5.38. The third-order valence-corrected chi connectivity index (χ3v) is 3.16. The third-order valence-electron chi connectivity index (χ3n) is 3.16. The topological polar surface area (TPSA) is 74.4 Å². The number of aromatic hydroxyl groups is 1. The van der Waals surface area contributed by atoms with Gasteiger partial charge in [-0.3, -0.25) is 4.90 Å². The van der Waals surface area contributed by atoms with Crippen LogP contribution in [0.25, 0.3) is 11.4 Å². The molecule has 0 spiro atoms. The highest BCUT2D eigenvalue weighted by Gasteiger charge is 2.14. The summed E-state index contributed by atoms with van der Waals surface area (Å²) in [5.74, 6) is 1.42. The van der Waals surface area contributed by atoms with Crippen molar-refractivity contribution in [2.24, 2.45) is 0 Å². The summed E-state index contributed by atoms with van der Waals surface area (Å²) in [5, 5.41) is 16.5. The maximum absolute atomic E-state index is 9.25. The summed E-state index contributed by atoms with van der Waals surface area (Å²) < 4.78 is 5.27. The first kappa shape index (κ1) is 12.1. The molecule has 0 radical (unpaired) electrons. The molecule has 2 heterocycles. The molecule has 1 aromatic carbocycles. The average Bonchev–Trinajstić information content (AvgIpc) is 2.89. The van der Waals surface area contributed by atoms with E-state index in [1.807, 2.05) is 0 Å². The monoisotopic (exact) mass is 260 g/mol. The van der Waals surface area contributed by atoms with Crippen molar-refractivity contribution in [2.45, 2.75) is 6.54 Å². The molecule has 1 saturated heterocycles. The van der Waals surface area contributed by atoms with Gasteiger partial charge in [0, 0.05) is 31.7 Å². The number of nitrogens with one attached hydrogen (secondary N) is 1. The fraction of sp³-hybridized carbons (Fsp3) is 0.385. The van der Waals surface area contributed by atoms with Crippen LogP contribution in [0.2, 0.25) is 0 Å². The van der Waals surface area contributed by atoms with E-state index in [1.54, 1.807) is 24.3 Å². The van der Waals surface area contributed by atoms with E-state index in [0.717, 1.165) is 31.7 Å². The number of hydrogen-bond acceptors (Lipinski definition) is 6. The molecule has 6 nitrogen and oxygen atoms in total. The molecule has 0 saturated carbocycles. The molecule has 0 atom stereocenters. The normalized spacial score (nSPS) is 16.6. The minimum atomic E-state index is 0.230. The predicted molar refractivity (Wildman–Crippen MR) is 69.5 cm³/mol. The van der Waals surface area contributed by atoms with Gasteiger partial charge in [0.1, 0.15) is 5.75 Å². The summed E-state index contributed by atoms with van der Waals surface area (Å²) in [4.78, 5) is 6.67. The van der Waals surface area contributed by atoms with Crippen molar-refractivity contribution in [1.29, 1.82) is 0 Å². The molecular weight excluding hydrogens is 244 g/mol. The quantitative estimate of drug-likeness (QED) is 0.852. The highest BCUT2D eigenvalue weighted by molar-refractivity contribution is 5.55. The second-order valence-electron chi connectivity index (χ2n) is 4.58. The Kier molecular flexibility index (Phi) is 3.43. The lowest BCUT2D eigenvalue weighted by Gasteiger charge is -2.25. The highest BCUT2D eigenvalue weighted by atomic mass is 16.5. The van der Waals surface area contributed by atoms with Gasteiger partial charge in [-0.15, -0.1) is 0 Å². The van der Waals surface area contributed by atoms with Crippen LogP contribution in [0.3, 0.4) is 0 Å². The lowest BCUT2D eigenvalue weighted by atomic mass is 10.2. The Morgan fingerprint density at radius 3 is 2.68 bits per heavy atom. The van der Waals surface area contributed by atoms with E-state index in [1.165, 1.54) is 0 Å². The standard InChI is InChI=1S/C13H16N4O2/c18-11-3-1-10(2-4-11)13-15-12(19-16-13)9-17-7-5-14-6-8-17/h1-4,14,18H,5-9H2. The van der Waals surface area contributed by atoms with Crippen molar-refractivity contribution >= 4 is 0 Å². The lowest BCUT2D eigenvalue weighted by molar-refractivity contribution is 0.203. The summed E-state index contributed by atoms with van der Waals surface area (Å²) in [7, 11) is 0. The van der Waals surface area contributed by atoms with Crippen molar-refractivity contribution in [1.82, 2.24) is 20.4 Å². The van der Waals surface area contributed by atoms with Gasteiger partial charge in [0.25, 0.3) is 0 Å². The Morgan fingerprint density at radius 2 is 1.95 bits per heavy atom. The molecule has 0 unspecified atom stereocenters. The first-order valence-electron chi connectivity index (χ1n) is 6.36. The number of piperazine rings is 1. The number of aromatic nitrogens is 2. The van der Waals surface area contributed by atoms with Crippen molar-refractivity contribution in [3.63, 3.8) is 0 Å². The zero-order chi connectivity index (χ0) is 13.1. The van der Waals surface area contributed by atoms with Crippen LogP contribution in [0.1, 0.15) is 5.89 Å². The smallest absolute Gasteiger partial charge is 0.241 e. The molecule has 1 fully saturated rings. The summed E-state index contributed by atoms with van der Waals surface area (Å²) in [6.07, 6.45) is 0. The summed E-state index contributed by atoms with van der Waals surface area (Å²) in [6.45, 7) is 4.68. The Morgan fingerprint density at radius 1 is 1.21 bits per heavy atom. The van der Waals surface area contributed by atoms with Gasteiger partial charge in [-0.2, -0.15) is 4.98 Å². The molecule has 0 amide bonds. The summed E-state index contributed by atoms with van der Waals surface area (Å²) in [6, 6.07) is 6.77. The minimum Gasteiger partial charge on any atom is -0.508 e. The number of nitrogens with zero attached hydrogens (tertiary/aromatic N) is 3. The Hall–Kier alpha value is -1.92. The Bertz CT molecular complexity index is 532. The first-order chi connectivity index (χ1) is 9.31. The molecule has 19 heavy (non-hydrogen) atoms. The third kappa shape index (κ3) is 2.91. The second-order valence-corrected chi connectivity index (χ2v) is 4.58. The highest BCUT2D eigenvalue weighted by Crippen LogP contribution is 2.19. The van der Waals surface area contributed by atoms with E-state index in [0.29, 0.717) is 18.3 Å². The van der Waals surface area contributed by atoms with Crippen molar-refractivity contribution < 1.29 is 9.63 Å². The fourth-order valence-electron chi connectivity index (χ4n) is 2.11. The van der Waals surface area contributed by atoms with E-state index in [-0.39, 0.29) is 5.75 Å². The molecular formula is C13H16N4O2. The van der Waals surface area contributed by atoms with E-state index in [9.17, 15) is 5.11 Å². The number of benzene rings is 1. The summed E-state index contributed by atoms with van der Waals surface area (Å²) >= 11 is 0. The molecule has 1 aromatic heterocycles. The van der Waals surface area contributed by atoms with Gasteiger partial charge in [0.15, 0.2) is 0 Å². The molecule has 2 N–H and O–H groups in total. The van der Waals surface area contributed by atoms with Crippen LogP contribution in [0, 0.1) is 0 Å². The zero-order valence-electron chi connectivity index (χ0n) is 10.5. The predicted octanol–water partition coefficient (Wildman–Crippen LogP) is 0.847. The van der Waals surface area contributed by atoms with Gasteiger partial charge in [-0.25, -0.2) is 0 Å².